The normalized spacial score (nSPS) is 15.8. The van der Waals surface area contributed by atoms with E-state index < -0.39 is 0 Å². The third-order valence-electron chi connectivity index (χ3n) is 4.78. The molecular formula is C19H28ClN3O2. The fourth-order valence-corrected chi connectivity index (χ4v) is 3.26. The molecule has 0 unspecified atom stereocenters. The van der Waals surface area contributed by atoms with Crippen molar-refractivity contribution in [2.45, 2.75) is 25.8 Å². The van der Waals surface area contributed by atoms with E-state index in [-0.39, 0.29) is 12.4 Å². The molecule has 6 heteroatoms. The van der Waals surface area contributed by atoms with Crippen molar-refractivity contribution in [3.63, 3.8) is 0 Å². The van der Waals surface area contributed by atoms with E-state index in [0.29, 0.717) is 5.89 Å². The number of methoxy groups -OCH3 is 1. The second kappa shape index (κ2) is 9.80. The van der Waals surface area contributed by atoms with Gasteiger partial charge in [0, 0.05) is 12.1 Å². The highest BCUT2D eigenvalue weighted by atomic mass is 35.5. The minimum atomic E-state index is 0. The quantitative estimate of drug-likeness (QED) is 0.812. The van der Waals surface area contributed by atoms with Crippen LogP contribution in [0.4, 0.5) is 0 Å². The Morgan fingerprint density at radius 3 is 2.60 bits per heavy atom. The lowest BCUT2D eigenvalue weighted by Gasteiger charge is -2.31. The maximum Gasteiger partial charge on any atom is 0.226 e. The second-order valence-corrected chi connectivity index (χ2v) is 6.48. The van der Waals surface area contributed by atoms with Gasteiger partial charge in [-0.05, 0) is 76.1 Å². The van der Waals surface area contributed by atoms with Gasteiger partial charge in [-0.3, -0.25) is 4.90 Å². The summed E-state index contributed by atoms with van der Waals surface area (Å²) in [6, 6.07) is 7.80. The number of oxazole rings is 1. The van der Waals surface area contributed by atoms with Crippen LogP contribution in [0.15, 0.2) is 34.9 Å². The highest BCUT2D eigenvalue weighted by Crippen LogP contribution is 2.24. The number of nitrogens with zero attached hydrogens (tertiary/aromatic N) is 2. The highest BCUT2D eigenvalue weighted by Gasteiger charge is 2.20. The average molecular weight is 366 g/mol. The zero-order valence-corrected chi connectivity index (χ0v) is 15.8. The van der Waals surface area contributed by atoms with Crippen LogP contribution < -0.4 is 10.1 Å². The Labute approximate surface area is 156 Å². The van der Waals surface area contributed by atoms with Crippen molar-refractivity contribution in [2.24, 2.45) is 5.92 Å². The lowest BCUT2D eigenvalue weighted by Crippen LogP contribution is -2.34. The molecule has 0 atom stereocenters. The van der Waals surface area contributed by atoms with Gasteiger partial charge < -0.3 is 14.5 Å². The SMILES string of the molecule is CNCCC1CCN(Cc2coc(-c3ccc(OC)cc3)n2)CC1.Cl. The molecular weight excluding hydrogens is 338 g/mol. The fourth-order valence-electron chi connectivity index (χ4n) is 3.26. The van der Waals surface area contributed by atoms with Crippen molar-refractivity contribution in [3.8, 4) is 17.2 Å². The largest absolute Gasteiger partial charge is 0.497 e. The van der Waals surface area contributed by atoms with Gasteiger partial charge in [0.05, 0.1) is 12.8 Å². The van der Waals surface area contributed by atoms with E-state index >= 15 is 0 Å². The van der Waals surface area contributed by atoms with Crippen LogP contribution >= 0.6 is 12.4 Å². The molecule has 0 bridgehead atoms. The lowest BCUT2D eigenvalue weighted by molar-refractivity contribution is 0.170. The van der Waals surface area contributed by atoms with E-state index in [9.17, 15) is 0 Å². The lowest BCUT2D eigenvalue weighted by atomic mass is 9.93. The smallest absolute Gasteiger partial charge is 0.226 e. The van der Waals surface area contributed by atoms with Crippen LogP contribution in [-0.2, 0) is 6.54 Å². The molecule has 1 N–H and O–H groups in total. The predicted molar refractivity (Wildman–Crippen MR) is 102 cm³/mol. The summed E-state index contributed by atoms with van der Waals surface area (Å²) < 4.78 is 10.8. The number of rotatable bonds is 7. The summed E-state index contributed by atoms with van der Waals surface area (Å²) >= 11 is 0. The molecule has 0 amide bonds. The van der Waals surface area contributed by atoms with Crippen LogP contribution in [0, 0.1) is 5.92 Å². The second-order valence-electron chi connectivity index (χ2n) is 6.48. The molecule has 1 aromatic heterocycles. The molecule has 5 nitrogen and oxygen atoms in total. The van der Waals surface area contributed by atoms with Crippen LogP contribution in [0.25, 0.3) is 11.5 Å². The maximum absolute atomic E-state index is 5.65. The number of nitrogens with one attached hydrogen (secondary N) is 1. The number of hydrogen-bond acceptors (Lipinski definition) is 5. The fraction of sp³-hybridized carbons (Fsp3) is 0.526. The van der Waals surface area contributed by atoms with E-state index in [1.807, 2.05) is 31.3 Å². The first kappa shape index (κ1) is 19.8. The molecule has 0 aliphatic carbocycles. The van der Waals surface area contributed by atoms with Gasteiger partial charge >= 0.3 is 0 Å². The third-order valence-corrected chi connectivity index (χ3v) is 4.78. The number of benzene rings is 1. The molecule has 138 valence electrons. The molecule has 1 aromatic carbocycles. The molecule has 0 saturated carbocycles. The molecule has 0 spiro atoms. The zero-order valence-electron chi connectivity index (χ0n) is 15.0. The van der Waals surface area contributed by atoms with Crippen molar-refractivity contribution >= 4 is 12.4 Å². The summed E-state index contributed by atoms with van der Waals surface area (Å²) in [7, 11) is 3.69. The predicted octanol–water partition coefficient (Wildman–Crippen LogP) is 3.59. The van der Waals surface area contributed by atoms with Crippen LogP contribution in [0.2, 0.25) is 0 Å². The number of aromatic nitrogens is 1. The third kappa shape index (κ3) is 5.46. The summed E-state index contributed by atoms with van der Waals surface area (Å²) in [4.78, 5) is 7.12. The standard InChI is InChI=1S/C19H27N3O2.ClH/c1-20-10-7-15-8-11-22(12-9-15)13-17-14-24-19(21-17)16-3-5-18(23-2)6-4-16;/h3-6,14-15,20H,7-13H2,1-2H3;1H. The van der Waals surface area contributed by atoms with Crippen molar-refractivity contribution in [3.05, 3.63) is 36.2 Å². The van der Waals surface area contributed by atoms with Crippen molar-refractivity contribution in [1.29, 1.82) is 0 Å². The van der Waals surface area contributed by atoms with E-state index in [0.717, 1.165) is 49.1 Å². The Morgan fingerprint density at radius 1 is 1.24 bits per heavy atom. The Bertz CT molecular complexity index is 622. The van der Waals surface area contributed by atoms with E-state index in [1.165, 1.54) is 19.3 Å². The maximum atomic E-state index is 5.65. The average Bonchev–Trinajstić information content (AvgIpc) is 3.10. The summed E-state index contributed by atoms with van der Waals surface area (Å²) in [5, 5.41) is 3.25. The molecule has 1 aliphatic heterocycles. The Hall–Kier alpha value is -1.56. The minimum absolute atomic E-state index is 0. The van der Waals surface area contributed by atoms with Gasteiger partial charge in [-0.1, -0.05) is 0 Å². The molecule has 2 aromatic rings. The van der Waals surface area contributed by atoms with Gasteiger partial charge in [0.15, 0.2) is 0 Å². The van der Waals surface area contributed by atoms with Gasteiger partial charge in [-0.25, -0.2) is 4.98 Å². The first-order chi connectivity index (χ1) is 11.8. The number of ether oxygens (including phenoxy) is 1. The monoisotopic (exact) mass is 365 g/mol. The van der Waals surface area contributed by atoms with Crippen LogP contribution in [-0.4, -0.2) is 43.7 Å². The van der Waals surface area contributed by atoms with Crippen molar-refractivity contribution < 1.29 is 9.15 Å². The van der Waals surface area contributed by atoms with E-state index in [4.69, 9.17) is 9.15 Å². The number of hydrogen-bond donors (Lipinski definition) is 1. The summed E-state index contributed by atoms with van der Waals surface area (Å²) in [5.74, 6) is 2.38. The van der Waals surface area contributed by atoms with E-state index in [1.54, 1.807) is 13.4 Å². The summed E-state index contributed by atoms with van der Waals surface area (Å²) in [6.07, 6.45) is 5.64. The van der Waals surface area contributed by atoms with Crippen LogP contribution in [0.3, 0.4) is 0 Å². The Kier molecular flexibility index (Phi) is 7.75. The van der Waals surface area contributed by atoms with Crippen molar-refractivity contribution in [2.75, 3.05) is 33.8 Å². The first-order valence-electron chi connectivity index (χ1n) is 8.74. The molecule has 0 radical (unpaired) electrons. The Morgan fingerprint density at radius 2 is 1.96 bits per heavy atom. The van der Waals surface area contributed by atoms with Crippen LogP contribution in [0.1, 0.15) is 25.0 Å². The van der Waals surface area contributed by atoms with Crippen molar-refractivity contribution in [1.82, 2.24) is 15.2 Å². The molecule has 25 heavy (non-hydrogen) atoms. The topological polar surface area (TPSA) is 50.5 Å². The minimum Gasteiger partial charge on any atom is -0.497 e. The van der Waals surface area contributed by atoms with Gasteiger partial charge in [0.25, 0.3) is 0 Å². The highest BCUT2D eigenvalue weighted by molar-refractivity contribution is 5.85. The van der Waals surface area contributed by atoms with E-state index in [2.05, 4.69) is 15.2 Å². The number of likely N-dealkylation sites (tertiary alicyclic amines) is 1. The molecule has 1 fully saturated rings. The first-order valence-corrected chi connectivity index (χ1v) is 8.74. The van der Waals surface area contributed by atoms with Gasteiger partial charge in [-0.15, -0.1) is 12.4 Å². The molecule has 1 saturated heterocycles. The number of halogens is 1. The van der Waals surface area contributed by atoms with Gasteiger partial charge in [0.1, 0.15) is 12.0 Å². The van der Waals surface area contributed by atoms with Gasteiger partial charge in [0.2, 0.25) is 5.89 Å². The summed E-state index contributed by atoms with van der Waals surface area (Å²) in [5.41, 5.74) is 1.99. The molecule has 2 heterocycles. The molecule has 1 aliphatic rings. The number of piperidine rings is 1. The van der Waals surface area contributed by atoms with Crippen LogP contribution in [0.5, 0.6) is 5.75 Å². The molecule has 3 rings (SSSR count). The van der Waals surface area contributed by atoms with Gasteiger partial charge in [-0.2, -0.15) is 0 Å². The summed E-state index contributed by atoms with van der Waals surface area (Å²) in [6.45, 7) is 4.30. The Balaban J connectivity index is 0.00000225. The zero-order chi connectivity index (χ0) is 16.8.